The minimum absolute atomic E-state index is 0.453. The van der Waals surface area contributed by atoms with Gasteiger partial charge in [-0.2, -0.15) is 0 Å². The summed E-state index contributed by atoms with van der Waals surface area (Å²) in [4.78, 5) is 21.6. The highest BCUT2D eigenvalue weighted by Gasteiger charge is 2.30. The van der Waals surface area contributed by atoms with Gasteiger partial charge in [0.2, 0.25) is 5.95 Å². The van der Waals surface area contributed by atoms with Gasteiger partial charge in [0.25, 0.3) is 0 Å². The maximum absolute atomic E-state index is 11.0. The number of hydrogen-bond donors (Lipinski definition) is 1. The fourth-order valence-electron chi connectivity index (χ4n) is 3.49. The molecule has 0 radical (unpaired) electrons. The summed E-state index contributed by atoms with van der Waals surface area (Å²) in [6.45, 7) is 3.57. The molecule has 2 saturated carbocycles. The molecule has 1 N–H and O–H groups in total. The van der Waals surface area contributed by atoms with E-state index in [0.717, 1.165) is 47.9 Å². The van der Waals surface area contributed by atoms with Crippen molar-refractivity contribution in [1.29, 1.82) is 0 Å². The van der Waals surface area contributed by atoms with Crippen LogP contribution in [0.25, 0.3) is 11.3 Å². The Morgan fingerprint density at radius 2 is 1.78 bits per heavy atom. The van der Waals surface area contributed by atoms with Crippen molar-refractivity contribution in [3.63, 3.8) is 0 Å². The number of rotatable bonds is 8. The Labute approximate surface area is 200 Å². The van der Waals surface area contributed by atoms with Gasteiger partial charge in [0.1, 0.15) is 6.29 Å². The number of halogens is 2. The van der Waals surface area contributed by atoms with Gasteiger partial charge in [0.05, 0.1) is 15.7 Å². The van der Waals surface area contributed by atoms with Gasteiger partial charge in [0.15, 0.2) is 0 Å². The second-order valence-electron chi connectivity index (χ2n) is 8.77. The van der Waals surface area contributed by atoms with E-state index in [0.29, 0.717) is 35.5 Å². The van der Waals surface area contributed by atoms with E-state index >= 15 is 0 Å². The maximum Gasteiger partial charge on any atom is 0.203 e. The van der Waals surface area contributed by atoms with Crippen molar-refractivity contribution in [2.45, 2.75) is 51.5 Å². The second-order valence-corrected chi connectivity index (χ2v) is 9.59. The van der Waals surface area contributed by atoms with Crippen LogP contribution < -0.4 is 4.90 Å². The molecule has 1 aromatic heterocycles. The molecule has 1 heterocycles. The molecular weight excluding hydrogens is 441 g/mol. The number of aromatic nitrogens is 2. The van der Waals surface area contributed by atoms with E-state index in [1.165, 1.54) is 18.4 Å². The maximum atomic E-state index is 11.0. The lowest BCUT2D eigenvalue weighted by atomic mass is 10.1. The lowest BCUT2D eigenvalue weighted by molar-refractivity contribution is -0.107. The predicted octanol–water partition coefficient (Wildman–Crippen LogP) is 7.27. The Bertz CT molecular complexity index is 1040. The predicted molar refractivity (Wildman–Crippen MR) is 133 cm³/mol. The molecule has 4 nitrogen and oxygen atoms in total. The Kier molecular flexibility index (Phi) is 7.54. The minimum Gasteiger partial charge on any atom is -0.338 e. The van der Waals surface area contributed by atoms with Gasteiger partial charge in [-0.1, -0.05) is 79.4 Å². The van der Waals surface area contributed by atoms with Crippen molar-refractivity contribution in [2.75, 3.05) is 11.4 Å². The molecular formula is C26H29Cl2N3O. The van der Waals surface area contributed by atoms with Crippen molar-refractivity contribution in [3.8, 4) is 11.3 Å². The zero-order chi connectivity index (χ0) is 22.5. The standard InChI is InChI=1S/C22H21Cl2N3O.C4H8/c23-18-10-9-17(13-19(18)24)21-20(16-7-8-16)25-22(26-21)27(11-4-12-28)14-15-5-2-1-3-6-15;1-4-2-3-4/h1-3,5-6,9-10,12-13,16H,4,7-8,11,14H2,(H,25,26);4H,2-3H2,1H3. The molecule has 0 aliphatic heterocycles. The van der Waals surface area contributed by atoms with Crippen LogP contribution in [0.4, 0.5) is 5.95 Å². The van der Waals surface area contributed by atoms with Crippen LogP contribution in [-0.4, -0.2) is 22.8 Å². The number of carbonyl (C=O) groups is 1. The Morgan fingerprint density at radius 3 is 2.38 bits per heavy atom. The van der Waals surface area contributed by atoms with Crippen molar-refractivity contribution < 1.29 is 4.79 Å². The third-order valence-corrected chi connectivity index (χ3v) is 6.54. The molecule has 2 aromatic carbocycles. The average Bonchev–Trinajstić information content (AvgIpc) is 3.74. The number of aldehydes is 1. The van der Waals surface area contributed by atoms with Crippen LogP contribution in [0, 0.1) is 5.92 Å². The zero-order valence-electron chi connectivity index (χ0n) is 18.4. The molecule has 0 saturated heterocycles. The van der Waals surface area contributed by atoms with E-state index in [4.69, 9.17) is 28.2 Å². The van der Waals surface area contributed by atoms with Crippen LogP contribution in [-0.2, 0) is 11.3 Å². The molecule has 0 unspecified atom stereocenters. The number of H-pyrrole nitrogens is 1. The van der Waals surface area contributed by atoms with Gasteiger partial charge in [0, 0.05) is 36.7 Å². The number of aromatic amines is 1. The molecule has 6 heteroatoms. The van der Waals surface area contributed by atoms with E-state index < -0.39 is 0 Å². The molecule has 0 atom stereocenters. The van der Waals surface area contributed by atoms with Crippen LogP contribution in [0.2, 0.25) is 10.0 Å². The van der Waals surface area contributed by atoms with Crippen LogP contribution in [0.3, 0.4) is 0 Å². The Morgan fingerprint density at radius 1 is 1.06 bits per heavy atom. The van der Waals surface area contributed by atoms with Crippen molar-refractivity contribution in [2.24, 2.45) is 5.92 Å². The van der Waals surface area contributed by atoms with Gasteiger partial charge in [-0.25, -0.2) is 4.98 Å². The van der Waals surface area contributed by atoms with Gasteiger partial charge in [-0.3, -0.25) is 0 Å². The van der Waals surface area contributed by atoms with Crippen LogP contribution in [0.1, 0.15) is 56.2 Å². The minimum atomic E-state index is 0.453. The smallest absolute Gasteiger partial charge is 0.203 e. The fraction of sp³-hybridized carbons (Fsp3) is 0.385. The summed E-state index contributed by atoms with van der Waals surface area (Å²) in [6, 6.07) is 15.8. The highest BCUT2D eigenvalue weighted by molar-refractivity contribution is 6.42. The fourth-order valence-corrected chi connectivity index (χ4v) is 3.79. The quantitative estimate of drug-likeness (QED) is 0.352. The van der Waals surface area contributed by atoms with Crippen LogP contribution >= 0.6 is 23.2 Å². The average molecular weight is 470 g/mol. The van der Waals surface area contributed by atoms with E-state index in [2.05, 4.69) is 28.9 Å². The lowest BCUT2D eigenvalue weighted by Crippen LogP contribution is -2.25. The SMILES string of the molecule is CC1CC1.O=CCCN(Cc1ccccc1)c1nc(-c2ccc(Cl)c(Cl)c2)c(C2CC2)[nH]1. The van der Waals surface area contributed by atoms with Crippen LogP contribution in [0.15, 0.2) is 48.5 Å². The first kappa shape index (κ1) is 22.9. The second kappa shape index (κ2) is 10.5. The van der Waals surface area contributed by atoms with Crippen molar-refractivity contribution >= 4 is 35.4 Å². The molecule has 168 valence electrons. The summed E-state index contributed by atoms with van der Waals surface area (Å²) in [7, 11) is 0. The zero-order valence-corrected chi connectivity index (χ0v) is 19.9. The van der Waals surface area contributed by atoms with Gasteiger partial charge in [-0.15, -0.1) is 0 Å². The molecule has 2 aliphatic carbocycles. The molecule has 32 heavy (non-hydrogen) atoms. The monoisotopic (exact) mass is 469 g/mol. The number of imidazole rings is 1. The van der Waals surface area contributed by atoms with E-state index in [1.54, 1.807) is 6.07 Å². The number of anilines is 1. The molecule has 0 bridgehead atoms. The third kappa shape index (κ3) is 6.14. The third-order valence-electron chi connectivity index (χ3n) is 5.80. The highest BCUT2D eigenvalue weighted by Crippen LogP contribution is 2.44. The summed E-state index contributed by atoms with van der Waals surface area (Å²) >= 11 is 12.3. The summed E-state index contributed by atoms with van der Waals surface area (Å²) in [5, 5.41) is 1.05. The number of nitrogens with one attached hydrogen (secondary N) is 1. The summed E-state index contributed by atoms with van der Waals surface area (Å²) < 4.78 is 0. The number of hydrogen-bond acceptors (Lipinski definition) is 3. The number of benzene rings is 2. The number of nitrogens with zero attached hydrogens (tertiary/aromatic N) is 2. The van der Waals surface area contributed by atoms with E-state index in [-0.39, 0.29) is 0 Å². The lowest BCUT2D eigenvalue weighted by Gasteiger charge is -2.21. The Balaban J connectivity index is 0.000000552. The summed E-state index contributed by atoms with van der Waals surface area (Å²) in [6.07, 6.45) is 6.68. The molecule has 3 aromatic rings. The molecule has 2 aliphatic rings. The molecule has 5 rings (SSSR count). The topological polar surface area (TPSA) is 49.0 Å². The largest absolute Gasteiger partial charge is 0.338 e. The summed E-state index contributed by atoms with van der Waals surface area (Å²) in [5.41, 5.74) is 4.18. The van der Waals surface area contributed by atoms with Gasteiger partial charge >= 0.3 is 0 Å². The highest BCUT2D eigenvalue weighted by atomic mass is 35.5. The van der Waals surface area contributed by atoms with E-state index in [1.807, 2.05) is 30.3 Å². The first-order valence-electron chi connectivity index (χ1n) is 11.3. The first-order valence-corrected chi connectivity index (χ1v) is 12.1. The molecule has 2 fully saturated rings. The van der Waals surface area contributed by atoms with Crippen molar-refractivity contribution in [3.05, 3.63) is 69.8 Å². The first-order chi connectivity index (χ1) is 15.5. The van der Waals surface area contributed by atoms with Crippen LogP contribution in [0.5, 0.6) is 0 Å². The molecule has 0 amide bonds. The molecule has 0 spiro atoms. The van der Waals surface area contributed by atoms with Crippen molar-refractivity contribution in [1.82, 2.24) is 9.97 Å². The van der Waals surface area contributed by atoms with Gasteiger partial charge in [-0.05, 0) is 36.5 Å². The number of carbonyl (C=O) groups excluding carboxylic acids is 1. The normalized spacial score (nSPS) is 15.1. The van der Waals surface area contributed by atoms with Gasteiger partial charge < -0.3 is 14.7 Å². The Hall–Kier alpha value is -2.30. The summed E-state index contributed by atoms with van der Waals surface area (Å²) in [5.74, 6) is 2.36. The van der Waals surface area contributed by atoms with E-state index in [9.17, 15) is 4.79 Å².